The molecule has 1 saturated heterocycles. The first kappa shape index (κ1) is 19.4. The Hall–Kier alpha value is -0.910. The number of esters is 1. The first-order chi connectivity index (χ1) is 11.7. The number of unbranched alkanes of at least 4 members (excludes halogenated alkanes) is 1. The third-order valence-electron chi connectivity index (χ3n) is 5.12. The van der Waals surface area contributed by atoms with E-state index in [0.717, 1.165) is 51.6 Å². The topological polar surface area (TPSA) is 65.0 Å². The van der Waals surface area contributed by atoms with Crippen molar-refractivity contribution in [3.05, 3.63) is 12.2 Å². The van der Waals surface area contributed by atoms with Crippen molar-refractivity contribution < 1.29 is 24.1 Å². The van der Waals surface area contributed by atoms with Crippen LogP contribution in [0.15, 0.2) is 12.2 Å². The molecule has 138 valence electrons. The summed E-state index contributed by atoms with van der Waals surface area (Å²) in [6.07, 6.45) is 12.2. The molecule has 24 heavy (non-hydrogen) atoms. The molecule has 2 rings (SSSR count). The number of aliphatic hydroxyl groups is 1. The molecule has 1 N–H and O–H groups in total. The minimum atomic E-state index is -0.231. The van der Waals surface area contributed by atoms with Crippen molar-refractivity contribution in [1.82, 2.24) is 0 Å². The maximum absolute atomic E-state index is 11.0. The molecule has 1 unspecified atom stereocenters. The van der Waals surface area contributed by atoms with E-state index in [9.17, 15) is 9.90 Å². The lowest BCUT2D eigenvalue weighted by atomic mass is 9.92. The van der Waals surface area contributed by atoms with Crippen LogP contribution in [0, 0.1) is 11.8 Å². The van der Waals surface area contributed by atoms with E-state index in [1.165, 1.54) is 13.5 Å². The second kappa shape index (κ2) is 10.9. The highest BCUT2D eigenvalue weighted by molar-refractivity contribution is 5.68. The van der Waals surface area contributed by atoms with Crippen LogP contribution in [0.3, 0.4) is 0 Å². The average molecular weight is 340 g/mol. The molecule has 4 atom stereocenters. The smallest absolute Gasteiger partial charge is 0.305 e. The van der Waals surface area contributed by atoms with E-state index in [4.69, 9.17) is 9.47 Å². The molecular formula is C19H32O5. The maximum atomic E-state index is 11.0. The number of hydrogen-bond acceptors (Lipinski definition) is 5. The number of carbonyl (C=O) groups is 1. The summed E-state index contributed by atoms with van der Waals surface area (Å²) in [6, 6.07) is 0. The van der Waals surface area contributed by atoms with E-state index in [0.29, 0.717) is 18.9 Å². The average Bonchev–Trinajstić information content (AvgIpc) is 2.96. The minimum Gasteiger partial charge on any atom is -0.469 e. The van der Waals surface area contributed by atoms with Gasteiger partial charge in [-0.1, -0.05) is 12.2 Å². The second-order valence-corrected chi connectivity index (χ2v) is 6.87. The minimum absolute atomic E-state index is 0.0500. The van der Waals surface area contributed by atoms with Crippen LogP contribution in [-0.4, -0.2) is 43.8 Å². The number of ether oxygens (including phenoxy) is 3. The van der Waals surface area contributed by atoms with Crippen LogP contribution >= 0.6 is 0 Å². The van der Waals surface area contributed by atoms with Crippen LogP contribution in [0.5, 0.6) is 0 Å². The summed E-state index contributed by atoms with van der Waals surface area (Å²) < 4.78 is 16.2. The Kier molecular flexibility index (Phi) is 8.78. The molecule has 0 aromatic rings. The number of allylic oxidation sites excluding steroid dienone is 2. The molecule has 1 aliphatic heterocycles. The van der Waals surface area contributed by atoms with Gasteiger partial charge in [0.05, 0.1) is 19.8 Å². The Morgan fingerprint density at radius 2 is 2.12 bits per heavy atom. The molecule has 2 aliphatic rings. The van der Waals surface area contributed by atoms with Crippen LogP contribution in [0.2, 0.25) is 0 Å². The van der Waals surface area contributed by atoms with Gasteiger partial charge in [-0.2, -0.15) is 0 Å². The Morgan fingerprint density at radius 1 is 1.25 bits per heavy atom. The van der Waals surface area contributed by atoms with Crippen LogP contribution in [0.25, 0.3) is 0 Å². The van der Waals surface area contributed by atoms with Gasteiger partial charge in [0.25, 0.3) is 0 Å². The predicted octanol–water partition coefficient (Wildman–Crippen LogP) is 3.21. The lowest BCUT2D eigenvalue weighted by molar-refractivity contribution is -0.171. The SMILES string of the molecule is COC(=O)CCCC=CC[C@@H]1[C@@H](COC2CCCCO2)CC[C@@H]1O. The van der Waals surface area contributed by atoms with Crippen LogP contribution < -0.4 is 0 Å². The highest BCUT2D eigenvalue weighted by atomic mass is 16.7. The van der Waals surface area contributed by atoms with Gasteiger partial charge >= 0.3 is 5.97 Å². The molecule has 1 aliphatic carbocycles. The summed E-state index contributed by atoms with van der Waals surface area (Å²) in [5, 5.41) is 10.2. The molecule has 0 amide bonds. The number of carbonyl (C=O) groups excluding carboxylic acids is 1. The first-order valence-corrected chi connectivity index (χ1v) is 9.33. The van der Waals surface area contributed by atoms with E-state index >= 15 is 0 Å². The molecule has 0 bridgehead atoms. The van der Waals surface area contributed by atoms with Gasteiger partial charge in [0.15, 0.2) is 6.29 Å². The Bertz CT molecular complexity index is 389. The lowest BCUT2D eigenvalue weighted by Crippen LogP contribution is -2.27. The Morgan fingerprint density at radius 3 is 2.88 bits per heavy atom. The zero-order valence-corrected chi connectivity index (χ0v) is 14.8. The molecule has 5 heteroatoms. The highest BCUT2D eigenvalue weighted by Gasteiger charge is 2.34. The quantitative estimate of drug-likeness (QED) is 0.397. The molecule has 1 heterocycles. The molecule has 0 spiro atoms. The van der Waals surface area contributed by atoms with Crippen LogP contribution in [0.4, 0.5) is 0 Å². The Balaban J connectivity index is 1.66. The van der Waals surface area contributed by atoms with Crippen molar-refractivity contribution in [2.24, 2.45) is 11.8 Å². The van der Waals surface area contributed by atoms with Crippen molar-refractivity contribution in [2.45, 2.75) is 70.2 Å². The van der Waals surface area contributed by atoms with Gasteiger partial charge in [0.2, 0.25) is 0 Å². The molecule has 0 aromatic heterocycles. The summed E-state index contributed by atoms with van der Waals surface area (Å²) >= 11 is 0. The first-order valence-electron chi connectivity index (χ1n) is 9.33. The summed E-state index contributed by atoms with van der Waals surface area (Å²) in [5.74, 6) is 0.521. The van der Waals surface area contributed by atoms with Gasteiger partial charge < -0.3 is 19.3 Å². The van der Waals surface area contributed by atoms with Gasteiger partial charge in [0.1, 0.15) is 0 Å². The van der Waals surface area contributed by atoms with E-state index in [1.54, 1.807) is 0 Å². The predicted molar refractivity (Wildman–Crippen MR) is 91.4 cm³/mol. The van der Waals surface area contributed by atoms with Gasteiger partial charge in [-0.25, -0.2) is 0 Å². The number of hydrogen-bond donors (Lipinski definition) is 1. The Labute approximate surface area is 145 Å². The summed E-state index contributed by atoms with van der Waals surface area (Å²) in [7, 11) is 1.42. The normalized spacial score (nSPS) is 30.8. The third kappa shape index (κ3) is 6.54. The fourth-order valence-electron chi connectivity index (χ4n) is 3.59. The van der Waals surface area contributed by atoms with Gasteiger partial charge in [-0.3, -0.25) is 4.79 Å². The summed E-state index contributed by atoms with van der Waals surface area (Å²) in [4.78, 5) is 11.0. The van der Waals surface area contributed by atoms with Crippen molar-refractivity contribution in [1.29, 1.82) is 0 Å². The standard InChI is InChI=1S/C19H32O5/c1-22-18(21)9-5-3-2-4-8-16-15(11-12-17(16)20)14-24-19-10-6-7-13-23-19/h2,4,15-17,19-20H,3,5-14H2,1H3/t15-,16-,17+,19?/m1/s1. The van der Waals surface area contributed by atoms with E-state index < -0.39 is 0 Å². The monoisotopic (exact) mass is 340 g/mol. The third-order valence-corrected chi connectivity index (χ3v) is 5.12. The van der Waals surface area contributed by atoms with Gasteiger partial charge in [-0.15, -0.1) is 0 Å². The molecule has 5 nitrogen and oxygen atoms in total. The fraction of sp³-hybridized carbons (Fsp3) is 0.842. The molecule has 1 saturated carbocycles. The van der Waals surface area contributed by atoms with Gasteiger partial charge in [0, 0.05) is 13.0 Å². The number of aliphatic hydroxyl groups excluding tert-OH is 1. The molecule has 2 fully saturated rings. The lowest BCUT2D eigenvalue weighted by Gasteiger charge is -2.26. The van der Waals surface area contributed by atoms with Crippen molar-refractivity contribution in [3.8, 4) is 0 Å². The maximum Gasteiger partial charge on any atom is 0.305 e. The largest absolute Gasteiger partial charge is 0.469 e. The molecule has 0 radical (unpaired) electrons. The van der Waals surface area contributed by atoms with Gasteiger partial charge in [-0.05, 0) is 63.2 Å². The molecule has 0 aromatic carbocycles. The van der Waals surface area contributed by atoms with Crippen molar-refractivity contribution >= 4 is 5.97 Å². The van der Waals surface area contributed by atoms with E-state index in [-0.39, 0.29) is 24.3 Å². The van der Waals surface area contributed by atoms with Crippen molar-refractivity contribution in [2.75, 3.05) is 20.3 Å². The van der Waals surface area contributed by atoms with Crippen LogP contribution in [-0.2, 0) is 19.0 Å². The van der Waals surface area contributed by atoms with E-state index in [2.05, 4.69) is 16.9 Å². The zero-order valence-electron chi connectivity index (χ0n) is 14.8. The number of methoxy groups -OCH3 is 1. The highest BCUT2D eigenvalue weighted by Crippen LogP contribution is 2.35. The number of rotatable bonds is 9. The second-order valence-electron chi connectivity index (χ2n) is 6.87. The van der Waals surface area contributed by atoms with Crippen molar-refractivity contribution in [3.63, 3.8) is 0 Å². The molecular weight excluding hydrogens is 308 g/mol. The summed E-state index contributed by atoms with van der Waals surface area (Å²) in [6.45, 7) is 1.48. The zero-order chi connectivity index (χ0) is 17.2. The summed E-state index contributed by atoms with van der Waals surface area (Å²) in [5.41, 5.74) is 0. The van der Waals surface area contributed by atoms with E-state index in [1.807, 2.05) is 0 Å². The fourth-order valence-corrected chi connectivity index (χ4v) is 3.59. The van der Waals surface area contributed by atoms with Crippen LogP contribution in [0.1, 0.15) is 57.8 Å².